The van der Waals surface area contributed by atoms with Crippen LogP contribution >= 0.6 is 0 Å². The van der Waals surface area contributed by atoms with E-state index in [1.165, 1.54) is 6.08 Å². The highest BCUT2D eigenvalue weighted by atomic mass is 16.5. The average molecular weight is 532 g/mol. The fraction of sp³-hybridized carbons (Fsp3) is 0.0625. The molecule has 0 radical (unpaired) electrons. The van der Waals surface area contributed by atoms with Gasteiger partial charge in [-0.3, -0.25) is 14.4 Å². The highest BCUT2D eigenvalue weighted by Crippen LogP contribution is 2.29. The SMILES string of the molecule is Cc1cccc(NC(=O)COc2ccc(C=C3C(=O)N(c4ccccc4)C(=O)N(c4ccccc4)C3=O)cc2)c1. The highest BCUT2D eigenvalue weighted by molar-refractivity contribution is 6.46. The Morgan fingerprint density at radius 1 is 0.750 bits per heavy atom. The Morgan fingerprint density at radius 2 is 1.32 bits per heavy atom. The molecule has 1 aliphatic rings. The van der Waals surface area contributed by atoms with Crippen LogP contribution in [0.5, 0.6) is 5.75 Å². The predicted molar refractivity (Wildman–Crippen MR) is 153 cm³/mol. The fourth-order valence-electron chi connectivity index (χ4n) is 4.23. The molecule has 0 atom stereocenters. The summed E-state index contributed by atoms with van der Waals surface area (Å²) >= 11 is 0. The van der Waals surface area contributed by atoms with Crippen LogP contribution in [-0.4, -0.2) is 30.4 Å². The molecule has 0 unspecified atom stereocenters. The molecule has 1 aliphatic heterocycles. The van der Waals surface area contributed by atoms with Crippen LogP contribution in [0.25, 0.3) is 6.08 Å². The van der Waals surface area contributed by atoms with E-state index in [9.17, 15) is 19.2 Å². The van der Waals surface area contributed by atoms with Crippen molar-refractivity contribution >= 4 is 46.9 Å². The van der Waals surface area contributed by atoms with Crippen molar-refractivity contribution in [1.29, 1.82) is 0 Å². The lowest BCUT2D eigenvalue weighted by molar-refractivity contribution is -0.121. The largest absolute Gasteiger partial charge is 0.484 e. The second kappa shape index (κ2) is 11.5. The Labute approximate surface area is 231 Å². The molecule has 4 aromatic carbocycles. The van der Waals surface area contributed by atoms with Gasteiger partial charge in [0, 0.05) is 5.69 Å². The number of nitrogens with one attached hydrogen (secondary N) is 1. The summed E-state index contributed by atoms with van der Waals surface area (Å²) in [6, 6.07) is 30.2. The van der Waals surface area contributed by atoms with E-state index >= 15 is 0 Å². The number of ether oxygens (including phenoxy) is 1. The Hall–Kier alpha value is -5.50. The smallest absolute Gasteiger partial charge is 0.343 e. The van der Waals surface area contributed by atoms with E-state index in [0.717, 1.165) is 15.4 Å². The molecule has 8 nitrogen and oxygen atoms in total. The van der Waals surface area contributed by atoms with Crippen molar-refractivity contribution in [2.45, 2.75) is 6.92 Å². The van der Waals surface area contributed by atoms with Gasteiger partial charge in [-0.1, -0.05) is 60.7 Å². The van der Waals surface area contributed by atoms with E-state index in [1.54, 1.807) is 91.0 Å². The van der Waals surface area contributed by atoms with Gasteiger partial charge in [-0.25, -0.2) is 14.6 Å². The van der Waals surface area contributed by atoms with Crippen molar-refractivity contribution in [3.8, 4) is 5.75 Å². The summed E-state index contributed by atoms with van der Waals surface area (Å²) in [4.78, 5) is 54.6. The fourth-order valence-corrected chi connectivity index (χ4v) is 4.23. The predicted octanol–water partition coefficient (Wildman–Crippen LogP) is 5.60. The Balaban J connectivity index is 1.36. The number of rotatable bonds is 7. The molecule has 1 heterocycles. The number of anilines is 3. The number of hydrogen-bond donors (Lipinski definition) is 1. The normalized spacial score (nSPS) is 13.3. The number of benzene rings is 4. The number of hydrogen-bond acceptors (Lipinski definition) is 5. The Kier molecular flexibility index (Phi) is 7.50. The van der Waals surface area contributed by atoms with Gasteiger partial charge in [0.15, 0.2) is 6.61 Å². The minimum absolute atomic E-state index is 0.168. The number of barbiturate groups is 1. The second-order valence-electron chi connectivity index (χ2n) is 9.07. The summed E-state index contributed by atoms with van der Waals surface area (Å²) in [5.41, 5.74) is 2.79. The molecule has 1 saturated heterocycles. The zero-order valence-electron chi connectivity index (χ0n) is 21.6. The molecule has 8 heteroatoms. The van der Waals surface area contributed by atoms with E-state index in [0.29, 0.717) is 28.4 Å². The maximum absolute atomic E-state index is 13.5. The van der Waals surface area contributed by atoms with Crippen LogP contribution in [0.4, 0.5) is 21.9 Å². The zero-order valence-corrected chi connectivity index (χ0v) is 21.6. The first-order chi connectivity index (χ1) is 19.4. The maximum atomic E-state index is 13.5. The van der Waals surface area contributed by atoms with Crippen molar-refractivity contribution in [3.63, 3.8) is 0 Å². The van der Waals surface area contributed by atoms with Gasteiger partial charge in [0.05, 0.1) is 11.4 Å². The average Bonchev–Trinajstić information content (AvgIpc) is 2.96. The van der Waals surface area contributed by atoms with E-state index < -0.39 is 17.8 Å². The minimum atomic E-state index is -0.753. The van der Waals surface area contributed by atoms with E-state index in [-0.39, 0.29) is 18.1 Å². The number of para-hydroxylation sites is 2. The molecular weight excluding hydrogens is 506 g/mol. The quantitative estimate of drug-likeness (QED) is 0.248. The van der Waals surface area contributed by atoms with Gasteiger partial charge in [-0.2, -0.15) is 0 Å². The second-order valence-corrected chi connectivity index (χ2v) is 9.07. The Morgan fingerprint density at radius 3 is 1.88 bits per heavy atom. The molecule has 0 bridgehead atoms. The van der Waals surface area contributed by atoms with Crippen LogP contribution in [0, 0.1) is 6.92 Å². The number of carbonyl (C=O) groups excluding carboxylic acids is 4. The molecule has 40 heavy (non-hydrogen) atoms. The first kappa shape index (κ1) is 26.1. The number of urea groups is 1. The monoisotopic (exact) mass is 531 g/mol. The van der Waals surface area contributed by atoms with Gasteiger partial charge in [-0.15, -0.1) is 0 Å². The van der Waals surface area contributed by atoms with Crippen LogP contribution < -0.4 is 19.9 Å². The number of amides is 5. The van der Waals surface area contributed by atoms with E-state index in [4.69, 9.17) is 4.74 Å². The van der Waals surface area contributed by atoms with E-state index in [2.05, 4.69) is 5.32 Å². The third-order valence-electron chi connectivity index (χ3n) is 6.14. The van der Waals surface area contributed by atoms with Gasteiger partial charge in [-0.05, 0) is 72.7 Å². The number of nitrogens with zero attached hydrogens (tertiary/aromatic N) is 2. The summed E-state index contributed by atoms with van der Waals surface area (Å²) in [5.74, 6) is -1.31. The van der Waals surface area contributed by atoms with Crippen molar-refractivity contribution in [2.75, 3.05) is 21.7 Å². The van der Waals surface area contributed by atoms with Crippen LogP contribution in [-0.2, 0) is 14.4 Å². The van der Waals surface area contributed by atoms with Crippen molar-refractivity contribution < 1.29 is 23.9 Å². The molecule has 1 fully saturated rings. The van der Waals surface area contributed by atoms with Gasteiger partial charge in [0.2, 0.25) is 0 Å². The number of carbonyl (C=O) groups is 4. The molecule has 0 spiro atoms. The first-order valence-electron chi connectivity index (χ1n) is 12.5. The van der Waals surface area contributed by atoms with Crippen molar-refractivity contribution in [2.24, 2.45) is 0 Å². The molecule has 0 aliphatic carbocycles. The molecular formula is C32H25N3O5. The van der Waals surface area contributed by atoms with Crippen molar-refractivity contribution in [3.05, 3.63) is 126 Å². The van der Waals surface area contributed by atoms with Gasteiger partial charge >= 0.3 is 6.03 Å². The highest BCUT2D eigenvalue weighted by Gasteiger charge is 2.43. The lowest BCUT2D eigenvalue weighted by Crippen LogP contribution is -2.57. The first-order valence-corrected chi connectivity index (χ1v) is 12.5. The molecule has 4 aromatic rings. The Bertz CT molecular complexity index is 1540. The van der Waals surface area contributed by atoms with Gasteiger partial charge < -0.3 is 10.1 Å². The maximum Gasteiger partial charge on any atom is 0.343 e. The number of imide groups is 2. The van der Waals surface area contributed by atoms with Gasteiger partial charge in [0.1, 0.15) is 11.3 Å². The standard InChI is InChI=1S/C32H25N3O5/c1-22-9-8-10-24(19-22)33-29(36)21-40-27-17-15-23(16-18-27)20-28-30(37)34(25-11-4-2-5-12-25)32(39)35(31(28)38)26-13-6-3-7-14-26/h2-20H,21H2,1H3,(H,33,36). The minimum Gasteiger partial charge on any atom is -0.484 e. The molecule has 0 aromatic heterocycles. The van der Waals surface area contributed by atoms with Crippen LogP contribution in [0.15, 0.2) is 115 Å². The summed E-state index contributed by atoms with van der Waals surface area (Å²) in [6.45, 7) is 1.75. The topological polar surface area (TPSA) is 96.0 Å². The zero-order chi connectivity index (χ0) is 28.1. The summed E-state index contributed by atoms with van der Waals surface area (Å²) < 4.78 is 5.59. The molecule has 0 saturated carbocycles. The molecule has 5 rings (SSSR count). The third kappa shape index (κ3) is 5.66. The van der Waals surface area contributed by atoms with Gasteiger partial charge in [0.25, 0.3) is 17.7 Å². The van der Waals surface area contributed by atoms with Crippen molar-refractivity contribution in [1.82, 2.24) is 0 Å². The van der Waals surface area contributed by atoms with Crippen LogP contribution in [0.3, 0.4) is 0 Å². The van der Waals surface area contributed by atoms with Crippen LogP contribution in [0.2, 0.25) is 0 Å². The molecule has 5 amide bonds. The molecule has 198 valence electrons. The third-order valence-corrected chi connectivity index (χ3v) is 6.14. The summed E-state index contributed by atoms with van der Waals surface area (Å²) in [6.07, 6.45) is 1.44. The van der Waals surface area contributed by atoms with E-state index in [1.807, 2.05) is 25.1 Å². The van der Waals surface area contributed by atoms with Crippen LogP contribution in [0.1, 0.15) is 11.1 Å². The lowest BCUT2D eigenvalue weighted by Gasteiger charge is -2.33. The lowest BCUT2D eigenvalue weighted by atomic mass is 10.0. The number of aryl methyl sites for hydroxylation is 1. The summed E-state index contributed by atoms with van der Waals surface area (Å²) in [5, 5.41) is 2.78. The molecule has 1 N–H and O–H groups in total. The summed E-state index contributed by atoms with van der Waals surface area (Å²) in [7, 11) is 0.